The molecule has 0 fully saturated rings. The van der Waals surface area contributed by atoms with Gasteiger partial charge in [-0.3, -0.25) is 0 Å². The highest BCUT2D eigenvalue weighted by Crippen LogP contribution is 2.37. The molecule has 6 rings (SSSR count). The lowest BCUT2D eigenvalue weighted by molar-refractivity contribution is -0.642. The molecule has 0 spiro atoms. The van der Waals surface area contributed by atoms with Crippen LogP contribution in [0.25, 0.3) is 43.7 Å². The normalized spacial score (nSPS) is 12.5. The minimum Gasteiger partial charge on any atom is -0.456 e. The van der Waals surface area contributed by atoms with E-state index in [1.54, 1.807) is 0 Å². The minimum atomic E-state index is -1.86. The lowest BCUT2D eigenvalue weighted by Crippen LogP contribution is -2.52. The first kappa shape index (κ1) is 19.3. The Morgan fingerprint density at radius 2 is 1.59 bits per heavy atom. The van der Waals surface area contributed by atoms with Gasteiger partial charge in [0.2, 0.25) is 5.52 Å². The zero-order valence-electron chi connectivity index (χ0n) is 19.2. The summed E-state index contributed by atoms with van der Waals surface area (Å²) in [5.41, 5.74) is 5.70. The van der Waals surface area contributed by atoms with Crippen LogP contribution in [-0.4, -0.2) is 12.6 Å². The Kier molecular flexibility index (Phi) is 3.96. The highest BCUT2D eigenvalue weighted by atomic mass is 28.3. The quantitative estimate of drug-likeness (QED) is 0.159. The number of fused-ring (bicyclic) bond motifs is 3. The van der Waals surface area contributed by atoms with Crippen molar-refractivity contribution < 1.29 is 8.98 Å². The summed E-state index contributed by atoms with van der Waals surface area (Å²) < 4.78 is 11.1. The molecule has 3 nitrogen and oxygen atoms in total. The predicted octanol–water partition coefficient (Wildman–Crippen LogP) is 5.19. The molecule has 0 aliphatic carbocycles. The average Bonchev–Trinajstić information content (AvgIpc) is 3.16. The largest absolute Gasteiger partial charge is 0.456 e. The number of aromatic nitrogens is 2. The molecular weight excluding hydrogens is 408 g/mol. The Hall–Kier alpha value is -3.37. The molecule has 0 radical (unpaired) electrons. The van der Waals surface area contributed by atoms with Gasteiger partial charge >= 0.3 is 0 Å². The molecule has 3 aromatic carbocycles. The Morgan fingerprint density at radius 1 is 0.844 bits per heavy atom. The molecule has 32 heavy (non-hydrogen) atoms. The van der Waals surface area contributed by atoms with Crippen molar-refractivity contribution in [3.05, 3.63) is 78.6 Å². The zero-order chi connectivity index (χ0) is 22.2. The van der Waals surface area contributed by atoms with E-state index in [-0.39, 0.29) is 0 Å². The van der Waals surface area contributed by atoms with Gasteiger partial charge in [-0.1, -0.05) is 59.9 Å². The number of hydrogen-bond donors (Lipinski definition) is 0. The van der Waals surface area contributed by atoms with E-state index in [1.165, 1.54) is 48.5 Å². The number of pyridine rings is 1. The number of benzene rings is 3. The highest BCUT2D eigenvalue weighted by molar-refractivity contribution is 7.00. The molecule has 3 heterocycles. The third kappa shape index (κ3) is 2.56. The standard InChI is InChI=1S/C28H27N2OSi/c1-18-25-23(16-20-12-14-29(2)27(18)20)31-24-17-22(32(4,5)21-9-7-6-8-10-21)15-19-11-13-30(3)28(25)26(19)24/h6-17H,1-5H3/q+1. The van der Waals surface area contributed by atoms with Gasteiger partial charge in [0, 0.05) is 30.3 Å². The van der Waals surface area contributed by atoms with Crippen LogP contribution in [-0.2, 0) is 14.1 Å². The molecule has 0 bridgehead atoms. The van der Waals surface area contributed by atoms with Crippen molar-refractivity contribution in [3.63, 3.8) is 0 Å². The Bertz CT molecular complexity index is 1670. The first-order valence-electron chi connectivity index (χ1n) is 11.2. The number of hydrogen-bond acceptors (Lipinski definition) is 1. The summed E-state index contributed by atoms with van der Waals surface area (Å²) in [5.74, 6) is 0. The second kappa shape index (κ2) is 6.56. The number of nitrogens with zero attached hydrogens (tertiary/aromatic N) is 2. The van der Waals surface area contributed by atoms with Crippen molar-refractivity contribution in [1.29, 1.82) is 0 Å². The van der Waals surface area contributed by atoms with Gasteiger partial charge in [-0.25, -0.2) is 4.57 Å². The van der Waals surface area contributed by atoms with Crippen LogP contribution in [0.1, 0.15) is 5.56 Å². The fourth-order valence-corrected chi connectivity index (χ4v) is 7.75. The second-order valence-electron chi connectivity index (χ2n) is 9.55. The van der Waals surface area contributed by atoms with Crippen molar-refractivity contribution in [1.82, 2.24) is 4.57 Å². The molecule has 6 aromatic rings. The van der Waals surface area contributed by atoms with Crippen LogP contribution in [0, 0.1) is 6.92 Å². The van der Waals surface area contributed by atoms with E-state index in [0.717, 1.165) is 11.2 Å². The van der Waals surface area contributed by atoms with Crippen molar-refractivity contribution in [2.24, 2.45) is 14.1 Å². The van der Waals surface area contributed by atoms with E-state index in [0.29, 0.717) is 0 Å². The fourth-order valence-electron chi connectivity index (χ4n) is 5.39. The van der Waals surface area contributed by atoms with Crippen LogP contribution >= 0.6 is 0 Å². The molecule has 0 atom stereocenters. The SMILES string of the molecule is Cc1c2c(cc3cc[n+](C)c13)oc1cc([Si](C)(C)c3ccccc3)cc3ccn(C)c2c31. The van der Waals surface area contributed by atoms with Gasteiger partial charge < -0.3 is 8.98 Å². The Labute approximate surface area is 188 Å². The van der Waals surface area contributed by atoms with Crippen molar-refractivity contribution >= 4 is 62.2 Å². The van der Waals surface area contributed by atoms with Gasteiger partial charge in [0.05, 0.1) is 16.3 Å². The van der Waals surface area contributed by atoms with Crippen LogP contribution in [0.2, 0.25) is 13.1 Å². The second-order valence-corrected chi connectivity index (χ2v) is 14.0. The van der Waals surface area contributed by atoms with E-state index >= 15 is 0 Å². The highest BCUT2D eigenvalue weighted by Gasteiger charge is 2.28. The maximum Gasteiger partial charge on any atom is 0.216 e. The third-order valence-corrected chi connectivity index (χ3v) is 10.7. The van der Waals surface area contributed by atoms with Crippen LogP contribution in [0.15, 0.2) is 77.5 Å². The molecule has 4 heteroatoms. The van der Waals surface area contributed by atoms with E-state index < -0.39 is 8.07 Å². The van der Waals surface area contributed by atoms with Crippen LogP contribution in [0.5, 0.6) is 0 Å². The molecule has 0 saturated heterocycles. The Balaban J connectivity index is 1.76. The number of rotatable bonds is 2. The van der Waals surface area contributed by atoms with Crippen molar-refractivity contribution in [2.45, 2.75) is 20.0 Å². The van der Waals surface area contributed by atoms with Crippen LogP contribution in [0.4, 0.5) is 0 Å². The molecular formula is C28H27N2OSi+. The van der Waals surface area contributed by atoms with E-state index in [4.69, 9.17) is 4.42 Å². The average molecular weight is 436 g/mol. The lowest BCUT2D eigenvalue weighted by atomic mass is 10.0. The van der Waals surface area contributed by atoms with E-state index in [1.807, 2.05) is 0 Å². The summed E-state index contributed by atoms with van der Waals surface area (Å²) in [5, 5.41) is 7.71. The maximum atomic E-state index is 6.67. The molecule has 158 valence electrons. The van der Waals surface area contributed by atoms with Crippen LogP contribution in [0.3, 0.4) is 0 Å². The monoisotopic (exact) mass is 435 g/mol. The maximum absolute atomic E-state index is 6.67. The molecule has 0 aliphatic rings. The van der Waals surface area contributed by atoms with Crippen molar-refractivity contribution in [2.75, 3.05) is 0 Å². The first-order valence-corrected chi connectivity index (χ1v) is 14.2. The van der Waals surface area contributed by atoms with E-state index in [9.17, 15) is 0 Å². The summed E-state index contributed by atoms with van der Waals surface area (Å²) in [6.07, 6.45) is 4.31. The zero-order valence-corrected chi connectivity index (χ0v) is 20.2. The predicted molar refractivity (Wildman–Crippen MR) is 137 cm³/mol. The van der Waals surface area contributed by atoms with Crippen LogP contribution < -0.4 is 14.9 Å². The van der Waals surface area contributed by atoms with Crippen molar-refractivity contribution in [3.8, 4) is 0 Å². The smallest absolute Gasteiger partial charge is 0.216 e. The number of aryl methyl sites for hydroxylation is 3. The van der Waals surface area contributed by atoms with Gasteiger partial charge in [0.1, 0.15) is 26.3 Å². The van der Waals surface area contributed by atoms with Gasteiger partial charge in [-0.05, 0) is 30.5 Å². The molecule has 0 aliphatic heterocycles. The topological polar surface area (TPSA) is 21.9 Å². The van der Waals surface area contributed by atoms with E-state index in [2.05, 4.69) is 116 Å². The molecule has 0 saturated carbocycles. The summed E-state index contributed by atoms with van der Waals surface area (Å²) in [6.45, 7) is 7.07. The van der Waals surface area contributed by atoms with Gasteiger partial charge in [0.15, 0.2) is 6.20 Å². The fraction of sp³-hybridized carbons (Fsp3) is 0.179. The van der Waals surface area contributed by atoms with Gasteiger partial charge in [-0.15, -0.1) is 0 Å². The summed E-state index contributed by atoms with van der Waals surface area (Å²) >= 11 is 0. The first-order chi connectivity index (χ1) is 15.4. The van der Waals surface area contributed by atoms with Gasteiger partial charge in [0.25, 0.3) is 0 Å². The third-order valence-electron chi connectivity index (χ3n) is 7.24. The Morgan fingerprint density at radius 3 is 2.38 bits per heavy atom. The molecule has 0 amide bonds. The summed E-state index contributed by atoms with van der Waals surface area (Å²) in [6, 6.07) is 22.2. The molecule has 0 unspecified atom stereocenters. The lowest BCUT2D eigenvalue weighted by Gasteiger charge is -2.25. The van der Waals surface area contributed by atoms with Gasteiger partial charge in [-0.2, -0.15) is 0 Å². The molecule has 3 aromatic heterocycles. The summed E-state index contributed by atoms with van der Waals surface area (Å²) in [7, 11) is 2.39. The minimum absolute atomic E-state index is 0.952. The summed E-state index contributed by atoms with van der Waals surface area (Å²) in [4.78, 5) is 0. The molecule has 0 N–H and O–H groups in total.